The van der Waals surface area contributed by atoms with Crippen LogP contribution in [0.15, 0.2) is 23.2 Å². The smallest absolute Gasteiger partial charge is 0.193 e. The Hall–Kier alpha value is -1.89. The fourth-order valence-electron chi connectivity index (χ4n) is 3.50. The molecule has 26 heavy (non-hydrogen) atoms. The summed E-state index contributed by atoms with van der Waals surface area (Å²) in [6.07, 6.45) is 3.53. The van der Waals surface area contributed by atoms with Crippen LogP contribution in [0.1, 0.15) is 19.3 Å². The first kappa shape index (κ1) is 18.9. The third kappa shape index (κ3) is 4.44. The van der Waals surface area contributed by atoms with Gasteiger partial charge in [-0.15, -0.1) is 0 Å². The molecule has 3 rings (SSSR count). The van der Waals surface area contributed by atoms with Crippen LogP contribution >= 0.6 is 0 Å². The second-order valence-corrected chi connectivity index (χ2v) is 7.21. The zero-order chi connectivity index (χ0) is 18.6. The van der Waals surface area contributed by atoms with Gasteiger partial charge < -0.3 is 19.9 Å². The minimum atomic E-state index is -0.410. The lowest BCUT2D eigenvalue weighted by atomic mass is 10.0. The molecular formula is C19H28F2N4O. The highest BCUT2D eigenvalue weighted by Gasteiger charge is 2.42. The number of rotatable bonds is 6. The summed E-state index contributed by atoms with van der Waals surface area (Å²) in [4.78, 5) is 8.47. The van der Waals surface area contributed by atoms with Gasteiger partial charge in [-0.25, -0.2) is 8.78 Å². The molecule has 7 heteroatoms. The first-order valence-electron chi connectivity index (χ1n) is 9.21. The zero-order valence-electron chi connectivity index (χ0n) is 15.6. The van der Waals surface area contributed by atoms with Crippen LogP contribution in [0.25, 0.3) is 0 Å². The Bertz CT molecular complexity index is 640. The normalized spacial score (nSPS) is 19.6. The Morgan fingerprint density at radius 1 is 1.23 bits per heavy atom. The summed E-state index contributed by atoms with van der Waals surface area (Å²) in [5.74, 6) is 0.0938. The van der Waals surface area contributed by atoms with Gasteiger partial charge in [0.05, 0.1) is 5.69 Å². The van der Waals surface area contributed by atoms with E-state index >= 15 is 0 Å². The third-order valence-corrected chi connectivity index (χ3v) is 5.46. The lowest BCUT2D eigenvalue weighted by Crippen LogP contribution is -2.53. The van der Waals surface area contributed by atoms with Crippen molar-refractivity contribution in [2.75, 3.05) is 58.4 Å². The first-order valence-corrected chi connectivity index (χ1v) is 9.21. The van der Waals surface area contributed by atoms with E-state index in [1.807, 2.05) is 4.90 Å². The Kier molecular flexibility index (Phi) is 5.96. The lowest BCUT2D eigenvalue weighted by molar-refractivity contribution is 0.172. The quantitative estimate of drug-likeness (QED) is 0.620. The number of nitrogens with zero attached hydrogens (tertiary/aromatic N) is 3. The summed E-state index contributed by atoms with van der Waals surface area (Å²) in [5.41, 5.74) is 0.683. The molecule has 2 fully saturated rings. The van der Waals surface area contributed by atoms with Crippen molar-refractivity contribution in [1.29, 1.82) is 0 Å². The number of aliphatic imine (C=N–C) groups is 1. The molecule has 1 saturated heterocycles. The highest BCUT2D eigenvalue weighted by Crippen LogP contribution is 2.48. The van der Waals surface area contributed by atoms with E-state index in [4.69, 9.17) is 4.74 Å². The maximum absolute atomic E-state index is 14.0. The largest absolute Gasteiger partial charge is 0.385 e. The van der Waals surface area contributed by atoms with Gasteiger partial charge in [0, 0.05) is 59.6 Å². The van der Waals surface area contributed by atoms with Crippen LogP contribution < -0.4 is 10.2 Å². The molecule has 2 aliphatic rings. The highest BCUT2D eigenvalue weighted by molar-refractivity contribution is 5.80. The number of halogens is 2. The Morgan fingerprint density at radius 2 is 1.96 bits per heavy atom. The van der Waals surface area contributed by atoms with Crippen molar-refractivity contribution in [2.24, 2.45) is 10.4 Å². The Morgan fingerprint density at radius 3 is 2.58 bits per heavy atom. The number of benzene rings is 1. The average molecular weight is 366 g/mol. The molecule has 0 atom stereocenters. The minimum Gasteiger partial charge on any atom is -0.385 e. The van der Waals surface area contributed by atoms with Crippen LogP contribution in [0.5, 0.6) is 0 Å². The number of hydrogen-bond donors (Lipinski definition) is 1. The van der Waals surface area contributed by atoms with Gasteiger partial charge in [-0.1, -0.05) is 0 Å². The minimum absolute atomic E-state index is 0.337. The molecule has 0 bridgehead atoms. The van der Waals surface area contributed by atoms with Gasteiger partial charge >= 0.3 is 0 Å². The molecule has 1 saturated carbocycles. The van der Waals surface area contributed by atoms with Crippen LogP contribution in [0, 0.1) is 17.0 Å². The van der Waals surface area contributed by atoms with E-state index in [1.54, 1.807) is 14.2 Å². The molecule has 0 unspecified atom stereocenters. The van der Waals surface area contributed by atoms with Crippen molar-refractivity contribution in [3.05, 3.63) is 29.8 Å². The first-order chi connectivity index (χ1) is 12.6. The van der Waals surface area contributed by atoms with Crippen molar-refractivity contribution in [3.8, 4) is 0 Å². The van der Waals surface area contributed by atoms with Crippen LogP contribution in [0.4, 0.5) is 14.5 Å². The molecule has 1 aliphatic carbocycles. The number of nitrogens with one attached hydrogen (secondary N) is 1. The van der Waals surface area contributed by atoms with Gasteiger partial charge in [-0.3, -0.25) is 4.99 Å². The number of anilines is 1. The molecule has 0 amide bonds. The number of methoxy groups -OCH3 is 1. The summed E-state index contributed by atoms with van der Waals surface area (Å²) in [5, 5.41) is 3.49. The standard InChI is InChI=1S/C19H28F2N4O/c1-22-18(23-14-19(5-6-19)7-12-26-2)25-10-8-24(9-11-25)17-13-15(20)3-4-16(17)21/h3-4,13H,5-12,14H2,1-2H3,(H,22,23). The molecule has 0 spiro atoms. The number of ether oxygens (including phenoxy) is 1. The van der Waals surface area contributed by atoms with Crippen molar-refractivity contribution in [1.82, 2.24) is 10.2 Å². The van der Waals surface area contributed by atoms with E-state index in [2.05, 4.69) is 15.2 Å². The van der Waals surface area contributed by atoms with Crippen molar-refractivity contribution in [3.63, 3.8) is 0 Å². The number of hydrogen-bond acceptors (Lipinski definition) is 3. The molecule has 1 aromatic rings. The predicted molar refractivity (Wildman–Crippen MR) is 99.7 cm³/mol. The van der Waals surface area contributed by atoms with Crippen molar-refractivity contribution in [2.45, 2.75) is 19.3 Å². The van der Waals surface area contributed by atoms with Crippen molar-refractivity contribution < 1.29 is 13.5 Å². The van der Waals surface area contributed by atoms with E-state index in [-0.39, 0.29) is 5.82 Å². The molecule has 144 valence electrons. The lowest BCUT2D eigenvalue weighted by Gasteiger charge is -2.38. The second kappa shape index (κ2) is 8.20. The topological polar surface area (TPSA) is 40.1 Å². The van der Waals surface area contributed by atoms with Crippen LogP contribution in [-0.4, -0.2) is 64.3 Å². The van der Waals surface area contributed by atoms with Gasteiger partial charge in [-0.05, 0) is 36.8 Å². The monoisotopic (exact) mass is 366 g/mol. The van der Waals surface area contributed by atoms with E-state index in [0.717, 1.165) is 44.7 Å². The molecule has 0 radical (unpaired) electrons. The third-order valence-electron chi connectivity index (χ3n) is 5.46. The van der Waals surface area contributed by atoms with E-state index in [9.17, 15) is 8.78 Å². The van der Waals surface area contributed by atoms with Crippen LogP contribution in [0.2, 0.25) is 0 Å². The summed E-state index contributed by atoms with van der Waals surface area (Å²) in [6, 6.07) is 3.61. The molecule has 1 heterocycles. The van der Waals surface area contributed by atoms with Crippen LogP contribution in [0.3, 0.4) is 0 Å². The molecule has 1 N–H and O–H groups in total. The fourth-order valence-corrected chi connectivity index (χ4v) is 3.50. The molecule has 1 aliphatic heterocycles. The maximum Gasteiger partial charge on any atom is 0.193 e. The highest BCUT2D eigenvalue weighted by atomic mass is 19.1. The van der Waals surface area contributed by atoms with E-state index in [1.165, 1.54) is 25.0 Å². The van der Waals surface area contributed by atoms with Crippen molar-refractivity contribution >= 4 is 11.6 Å². The summed E-state index contributed by atoms with van der Waals surface area (Å²) in [6.45, 7) is 4.41. The Labute approximate surface area is 154 Å². The summed E-state index contributed by atoms with van der Waals surface area (Å²) in [7, 11) is 3.53. The summed E-state index contributed by atoms with van der Waals surface area (Å²) < 4.78 is 32.6. The molecule has 1 aromatic carbocycles. The van der Waals surface area contributed by atoms with Gasteiger partial charge in [0.1, 0.15) is 11.6 Å². The SMILES string of the molecule is CN=C(NCC1(CCOC)CC1)N1CCN(c2cc(F)ccc2F)CC1. The second-order valence-electron chi connectivity index (χ2n) is 7.21. The Balaban J connectivity index is 1.52. The van der Waals surface area contributed by atoms with Gasteiger partial charge in [0.15, 0.2) is 5.96 Å². The number of guanidine groups is 1. The molecule has 0 aromatic heterocycles. The van der Waals surface area contributed by atoms with Gasteiger partial charge in [0.2, 0.25) is 0 Å². The summed E-state index contributed by atoms with van der Waals surface area (Å²) >= 11 is 0. The van der Waals surface area contributed by atoms with E-state index in [0.29, 0.717) is 24.2 Å². The maximum atomic E-state index is 14.0. The number of piperazine rings is 1. The fraction of sp³-hybridized carbons (Fsp3) is 0.632. The van der Waals surface area contributed by atoms with Gasteiger partial charge in [-0.2, -0.15) is 0 Å². The zero-order valence-corrected chi connectivity index (χ0v) is 15.6. The van der Waals surface area contributed by atoms with E-state index < -0.39 is 5.82 Å². The average Bonchev–Trinajstić information content (AvgIpc) is 3.43. The molecular weight excluding hydrogens is 338 g/mol. The van der Waals surface area contributed by atoms with Gasteiger partial charge in [0.25, 0.3) is 0 Å². The predicted octanol–water partition coefficient (Wildman–Crippen LogP) is 2.48. The van der Waals surface area contributed by atoms with Crippen LogP contribution in [-0.2, 0) is 4.74 Å². The molecule has 5 nitrogen and oxygen atoms in total.